The summed E-state index contributed by atoms with van der Waals surface area (Å²) in [6, 6.07) is 8.90. The highest BCUT2D eigenvalue weighted by Gasteiger charge is 2.42. The summed E-state index contributed by atoms with van der Waals surface area (Å²) in [5, 5.41) is 0. The lowest BCUT2D eigenvalue weighted by Gasteiger charge is -2.36. The molecule has 0 amide bonds. The Morgan fingerprint density at radius 2 is 1.50 bits per heavy atom. The second kappa shape index (κ2) is 8.12. The Bertz CT molecular complexity index is 1200. The van der Waals surface area contributed by atoms with E-state index >= 15 is 0 Å². The largest absolute Gasteiger partial charge is 0.417 e. The molecule has 2 aliphatic heterocycles. The standard InChI is InChI=1S/C21H23F3N2O4S2/c1-26-15-7-8-16(26)12-14(11-15)25-32(29,30)20-13-18(9-10-19(20)21(22,23)24)31(27,28)17-5-3-2-4-6-17/h2-6,9-10,13-16,25H,7-8,11-12H2,1H3. The minimum Gasteiger partial charge on any atom is -0.300 e. The molecule has 1 N–H and O–H groups in total. The Hall–Kier alpha value is -1.95. The molecule has 2 atom stereocenters. The van der Waals surface area contributed by atoms with Crippen molar-refractivity contribution >= 4 is 19.9 Å². The molecule has 2 aromatic rings. The number of fused-ring (bicyclic) bond motifs is 2. The zero-order valence-corrected chi connectivity index (χ0v) is 18.8. The van der Waals surface area contributed by atoms with E-state index < -0.39 is 47.4 Å². The van der Waals surface area contributed by atoms with Crippen molar-refractivity contribution in [3.63, 3.8) is 0 Å². The van der Waals surface area contributed by atoms with Crippen LogP contribution >= 0.6 is 0 Å². The molecule has 2 aromatic carbocycles. The van der Waals surface area contributed by atoms with E-state index in [4.69, 9.17) is 0 Å². The number of hydrogen-bond acceptors (Lipinski definition) is 5. The summed E-state index contributed by atoms with van der Waals surface area (Å²) < 4.78 is 95.3. The smallest absolute Gasteiger partial charge is 0.300 e. The molecule has 11 heteroatoms. The number of piperidine rings is 1. The zero-order valence-electron chi connectivity index (χ0n) is 17.2. The van der Waals surface area contributed by atoms with Crippen LogP contribution in [-0.2, 0) is 26.0 Å². The highest BCUT2D eigenvalue weighted by atomic mass is 32.2. The lowest BCUT2D eigenvalue weighted by Crippen LogP contribution is -2.48. The number of hydrogen-bond donors (Lipinski definition) is 1. The molecule has 4 rings (SSSR count). The number of sulfone groups is 1. The summed E-state index contributed by atoms with van der Waals surface area (Å²) in [5.74, 6) is 0. The fourth-order valence-corrected chi connectivity index (χ4v) is 7.55. The van der Waals surface area contributed by atoms with Gasteiger partial charge in [0.05, 0.1) is 20.2 Å². The third kappa shape index (κ3) is 4.30. The molecule has 32 heavy (non-hydrogen) atoms. The first-order valence-electron chi connectivity index (χ1n) is 10.2. The van der Waals surface area contributed by atoms with Crippen molar-refractivity contribution in [1.82, 2.24) is 9.62 Å². The van der Waals surface area contributed by atoms with Gasteiger partial charge >= 0.3 is 6.18 Å². The van der Waals surface area contributed by atoms with Crippen LogP contribution < -0.4 is 4.72 Å². The summed E-state index contributed by atoms with van der Waals surface area (Å²) >= 11 is 0. The van der Waals surface area contributed by atoms with Crippen molar-refractivity contribution in [2.24, 2.45) is 0 Å². The summed E-state index contributed by atoms with van der Waals surface area (Å²) in [7, 11) is -6.86. The van der Waals surface area contributed by atoms with Crippen molar-refractivity contribution in [3.05, 3.63) is 54.1 Å². The van der Waals surface area contributed by atoms with Crippen molar-refractivity contribution < 1.29 is 30.0 Å². The average Bonchev–Trinajstić information content (AvgIpc) is 2.94. The Morgan fingerprint density at radius 3 is 2.06 bits per heavy atom. The summed E-state index contributed by atoms with van der Waals surface area (Å²) in [6.07, 6.45) is -2.15. The van der Waals surface area contributed by atoms with Gasteiger partial charge < -0.3 is 4.90 Å². The maximum atomic E-state index is 13.6. The fourth-order valence-electron chi connectivity index (χ4n) is 4.65. The van der Waals surface area contributed by atoms with Gasteiger partial charge in [-0.2, -0.15) is 13.2 Å². The number of rotatable bonds is 5. The molecule has 2 fully saturated rings. The van der Waals surface area contributed by atoms with Crippen molar-refractivity contribution in [3.8, 4) is 0 Å². The number of nitrogens with zero attached hydrogens (tertiary/aromatic N) is 1. The molecule has 6 nitrogen and oxygen atoms in total. The van der Waals surface area contributed by atoms with E-state index in [-0.39, 0.29) is 17.0 Å². The summed E-state index contributed by atoms with van der Waals surface area (Å²) in [5.41, 5.74) is -1.40. The first-order valence-corrected chi connectivity index (χ1v) is 13.1. The van der Waals surface area contributed by atoms with Gasteiger partial charge in [0.25, 0.3) is 0 Å². The first-order chi connectivity index (χ1) is 14.9. The summed E-state index contributed by atoms with van der Waals surface area (Å²) in [6.45, 7) is 0. The van der Waals surface area contributed by atoms with E-state index in [1.54, 1.807) is 6.07 Å². The SMILES string of the molecule is CN1C2CCC1CC(NS(=O)(=O)c1cc(S(=O)(=O)c3ccccc3)ccc1C(F)(F)F)C2. The molecule has 0 aliphatic carbocycles. The monoisotopic (exact) mass is 488 g/mol. The molecule has 0 spiro atoms. The van der Waals surface area contributed by atoms with Crippen LogP contribution in [0.25, 0.3) is 0 Å². The zero-order chi connectivity index (χ0) is 23.3. The quantitative estimate of drug-likeness (QED) is 0.697. The third-order valence-corrected chi connectivity index (χ3v) is 9.66. The number of halogens is 3. The van der Waals surface area contributed by atoms with Crippen molar-refractivity contribution in [2.75, 3.05) is 7.05 Å². The van der Waals surface area contributed by atoms with Gasteiger partial charge in [0.15, 0.2) is 0 Å². The molecule has 2 bridgehead atoms. The van der Waals surface area contributed by atoms with Gasteiger partial charge in [-0.15, -0.1) is 0 Å². The molecule has 0 radical (unpaired) electrons. The van der Waals surface area contributed by atoms with E-state index in [2.05, 4.69) is 9.62 Å². The van der Waals surface area contributed by atoms with E-state index in [1.807, 2.05) is 7.05 Å². The molecule has 2 heterocycles. The van der Waals surface area contributed by atoms with Crippen LogP contribution in [0.1, 0.15) is 31.2 Å². The number of nitrogens with one attached hydrogen (secondary N) is 1. The second-order valence-electron chi connectivity index (χ2n) is 8.31. The molecular formula is C21H23F3N2O4S2. The van der Waals surface area contributed by atoms with Crippen molar-refractivity contribution in [1.29, 1.82) is 0 Å². The molecular weight excluding hydrogens is 465 g/mol. The van der Waals surface area contributed by atoms with Gasteiger partial charge in [-0.3, -0.25) is 0 Å². The number of benzene rings is 2. The van der Waals surface area contributed by atoms with Crippen LogP contribution in [0, 0.1) is 0 Å². The lowest BCUT2D eigenvalue weighted by molar-refractivity contribution is -0.139. The summed E-state index contributed by atoms with van der Waals surface area (Å²) in [4.78, 5) is 0.454. The van der Waals surface area contributed by atoms with E-state index in [1.165, 1.54) is 24.3 Å². The lowest BCUT2D eigenvalue weighted by atomic mass is 9.99. The normalized spacial score (nSPS) is 24.6. The first kappa shape index (κ1) is 23.2. The average molecular weight is 489 g/mol. The van der Waals surface area contributed by atoms with Gasteiger partial charge in [-0.05, 0) is 63.1 Å². The highest BCUT2D eigenvalue weighted by Crippen LogP contribution is 2.38. The van der Waals surface area contributed by atoms with E-state index in [0.717, 1.165) is 18.9 Å². The molecule has 2 unspecified atom stereocenters. The third-order valence-electron chi connectivity index (χ3n) is 6.33. The van der Waals surface area contributed by atoms with Gasteiger partial charge in [0.1, 0.15) is 0 Å². The van der Waals surface area contributed by atoms with Gasteiger partial charge in [-0.1, -0.05) is 18.2 Å². The van der Waals surface area contributed by atoms with Crippen LogP contribution in [0.3, 0.4) is 0 Å². The Labute approximate surface area is 185 Å². The minimum atomic E-state index is -4.97. The van der Waals surface area contributed by atoms with Crippen LogP contribution in [0.5, 0.6) is 0 Å². The number of sulfonamides is 1. The van der Waals surface area contributed by atoms with Crippen LogP contribution in [0.15, 0.2) is 63.2 Å². The van der Waals surface area contributed by atoms with E-state index in [0.29, 0.717) is 25.0 Å². The van der Waals surface area contributed by atoms with Crippen LogP contribution in [0.4, 0.5) is 13.2 Å². The van der Waals surface area contributed by atoms with Crippen LogP contribution in [-0.4, -0.2) is 46.9 Å². The predicted molar refractivity (Wildman–Crippen MR) is 111 cm³/mol. The van der Waals surface area contributed by atoms with Crippen molar-refractivity contribution in [2.45, 2.75) is 64.7 Å². The molecule has 174 valence electrons. The van der Waals surface area contributed by atoms with Gasteiger partial charge in [0.2, 0.25) is 19.9 Å². The molecule has 2 aliphatic rings. The molecule has 0 aromatic heterocycles. The number of alkyl halides is 3. The van der Waals surface area contributed by atoms with Crippen LogP contribution in [0.2, 0.25) is 0 Å². The maximum Gasteiger partial charge on any atom is 0.417 e. The fraction of sp³-hybridized carbons (Fsp3) is 0.429. The van der Waals surface area contributed by atoms with Gasteiger partial charge in [-0.25, -0.2) is 21.6 Å². The van der Waals surface area contributed by atoms with E-state index in [9.17, 15) is 30.0 Å². The highest BCUT2D eigenvalue weighted by molar-refractivity contribution is 7.91. The maximum absolute atomic E-state index is 13.6. The molecule has 0 saturated carbocycles. The Kier molecular flexibility index (Phi) is 5.89. The Morgan fingerprint density at radius 1 is 0.906 bits per heavy atom. The minimum absolute atomic E-state index is 0.136. The second-order valence-corrected chi connectivity index (χ2v) is 11.9. The molecule has 2 saturated heterocycles. The predicted octanol–water partition coefficient (Wildman–Crippen LogP) is 3.44. The Balaban J connectivity index is 1.73. The topological polar surface area (TPSA) is 83.6 Å². The van der Waals surface area contributed by atoms with Gasteiger partial charge in [0, 0.05) is 18.1 Å².